The molecule has 0 spiro atoms. The van der Waals surface area contributed by atoms with E-state index in [-0.39, 0.29) is 10.6 Å². The lowest BCUT2D eigenvalue weighted by Gasteiger charge is -2.16. The van der Waals surface area contributed by atoms with Gasteiger partial charge >= 0.3 is 5.69 Å². The van der Waals surface area contributed by atoms with Gasteiger partial charge in [0.15, 0.2) is 0 Å². The minimum absolute atomic E-state index is 0.136. The fraction of sp³-hybridized carbons (Fsp3) is 0.571. The summed E-state index contributed by atoms with van der Waals surface area (Å²) in [5.41, 5.74) is 1.67. The molecule has 0 amide bonds. The van der Waals surface area contributed by atoms with Crippen LogP contribution in [0.1, 0.15) is 32.6 Å². The number of nitrogens with one attached hydrogen (secondary N) is 2. The summed E-state index contributed by atoms with van der Waals surface area (Å²) in [7, 11) is 1.70. The van der Waals surface area contributed by atoms with Gasteiger partial charge in [-0.1, -0.05) is 19.4 Å². The lowest BCUT2D eigenvalue weighted by atomic mass is 10.0. The molecule has 1 saturated carbocycles. The van der Waals surface area contributed by atoms with E-state index in [2.05, 4.69) is 17.6 Å². The second kappa shape index (κ2) is 5.47. The number of hydrogen-bond donors (Lipinski definition) is 2. The van der Waals surface area contributed by atoms with Gasteiger partial charge in [0.05, 0.1) is 4.92 Å². The van der Waals surface area contributed by atoms with Gasteiger partial charge in [0.25, 0.3) is 0 Å². The van der Waals surface area contributed by atoms with Crippen LogP contribution in [0.4, 0.5) is 17.1 Å². The molecule has 0 unspecified atom stereocenters. The van der Waals surface area contributed by atoms with Crippen LogP contribution in [-0.4, -0.2) is 18.5 Å². The molecule has 1 fully saturated rings. The lowest BCUT2D eigenvalue weighted by molar-refractivity contribution is -0.383. The second-order valence-corrected chi connectivity index (χ2v) is 5.31. The molecular formula is C14H21N3O2. The Balaban J connectivity index is 2.14. The molecule has 5 heteroatoms. The Hall–Kier alpha value is -1.78. The van der Waals surface area contributed by atoms with E-state index in [9.17, 15) is 10.1 Å². The average Bonchev–Trinajstić information content (AvgIpc) is 3.16. The van der Waals surface area contributed by atoms with E-state index in [0.29, 0.717) is 16.8 Å². The molecule has 2 N–H and O–H groups in total. The van der Waals surface area contributed by atoms with E-state index in [1.807, 2.05) is 6.07 Å². The van der Waals surface area contributed by atoms with Gasteiger partial charge in [-0.05, 0) is 36.8 Å². The lowest BCUT2D eigenvalue weighted by Crippen LogP contribution is -2.16. The molecule has 0 saturated heterocycles. The van der Waals surface area contributed by atoms with Gasteiger partial charge in [0.1, 0.15) is 11.4 Å². The van der Waals surface area contributed by atoms with Gasteiger partial charge in [-0.3, -0.25) is 10.1 Å². The molecule has 0 atom stereocenters. The van der Waals surface area contributed by atoms with Gasteiger partial charge in [0, 0.05) is 13.6 Å². The highest BCUT2D eigenvalue weighted by atomic mass is 16.6. The summed E-state index contributed by atoms with van der Waals surface area (Å²) in [5, 5.41) is 17.3. The van der Waals surface area contributed by atoms with Crippen LogP contribution in [0, 0.1) is 15.5 Å². The fourth-order valence-corrected chi connectivity index (χ4v) is 2.59. The number of rotatable bonds is 7. The summed E-state index contributed by atoms with van der Waals surface area (Å²) >= 11 is 0. The van der Waals surface area contributed by atoms with Crippen LogP contribution < -0.4 is 10.6 Å². The van der Waals surface area contributed by atoms with E-state index in [4.69, 9.17) is 0 Å². The van der Waals surface area contributed by atoms with Crippen molar-refractivity contribution in [3.05, 3.63) is 28.3 Å². The summed E-state index contributed by atoms with van der Waals surface area (Å²) in [6.45, 7) is 3.01. The Morgan fingerprint density at radius 1 is 1.37 bits per heavy atom. The number of nitro benzene ring substituents is 1. The minimum Gasteiger partial charge on any atom is -0.382 e. The molecule has 0 heterocycles. The predicted octanol–water partition coefficient (Wildman–Crippen LogP) is 3.63. The SMILES string of the molecule is CCCC1(CNc2cccc(NC)c2[N+](=O)[O-])CC1. The van der Waals surface area contributed by atoms with Crippen LogP contribution in [0.3, 0.4) is 0 Å². The molecule has 2 rings (SSSR count). The molecule has 0 aromatic heterocycles. The summed E-state index contributed by atoms with van der Waals surface area (Å²) < 4.78 is 0. The zero-order valence-electron chi connectivity index (χ0n) is 11.5. The molecule has 104 valence electrons. The van der Waals surface area contributed by atoms with Gasteiger partial charge < -0.3 is 10.6 Å². The molecule has 0 radical (unpaired) electrons. The maximum absolute atomic E-state index is 11.2. The topological polar surface area (TPSA) is 67.2 Å². The second-order valence-electron chi connectivity index (χ2n) is 5.31. The van der Waals surface area contributed by atoms with Crippen LogP contribution in [0.15, 0.2) is 18.2 Å². The van der Waals surface area contributed by atoms with E-state index >= 15 is 0 Å². The van der Waals surface area contributed by atoms with Crippen molar-refractivity contribution >= 4 is 17.1 Å². The van der Waals surface area contributed by atoms with Crippen LogP contribution in [0.2, 0.25) is 0 Å². The smallest absolute Gasteiger partial charge is 0.315 e. The number of nitrogens with zero attached hydrogens (tertiary/aromatic N) is 1. The Kier molecular flexibility index (Phi) is 3.93. The third kappa shape index (κ3) is 2.97. The monoisotopic (exact) mass is 263 g/mol. The number of nitro groups is 1. The molecule has 1 aromatic rings. The van der Waals surface area contributed by atoms with Crippen molar-refractivity contribution in [2.75, 3.05) is 24.2 Å². The van der Waals surface area contributed by atoms with Crippen LogP contribution in [-0.2, 0) is 0 Å². The van der Waals surface area contributed by atoms with Gasteiger partial charge in [0.2, 0.25) is 0 Å². The first-order valence-electron chi connectivity index (χ1n) is 6.81. The molecule has 1 aliphatic rings. The van der Waals surface area contributed by atoms with Crippen molar-refractivity contribution in [2.45, 2.75) is 32.6 Å². The zero-order valence-corrected chi connectivity index (χ0v) is 11.5. The first-order valence-corrected chi connectivity index (χ1v) is 6.81. The number of anilines is 2. The van der Waals surface area contributed by atoms with Crippen molar-refractivity contribution in [3.8, 4) is 0 Å². The molecule has 1 aliphatic carbocycles. The highest BCUT2D eigenvalue weighted by molar-refractivity contribution is 5.76. The van der Waals surface area contributed by atoms with Crippen molar-refractivity contribution in [3.63, 3.8) is 0 Å². The first kappa shape index (κ1) is 13.6. The molecular weight excluding hydrogens is 242 g/mol. The Morgan fingerprint density at radius 2 is 2.05 bits per heavy atom. The van der Waals surface area contributed by atoms with E-state index < -0.39 is 0 Å². The summed E-state index contributed by atoms with van der Waals surface area (Å²) in [6, 6.07) is 5.34. The highest BCUT2D eigenvalue weighted by Crippen LogP contribution is 2.49. The van der Waals surface area contributed by atoms with Gasteiger partial charge in [-0.2, -0.15) is 0 Å². The molecule has 1 aromatic carbocycles. The standard InChI is InChI=1S/C14H21N3O2/c1-3-7-14(8-9-14)10-16-12-6-4-5-11(15-2)13(12)17(18)19/h4-6,15-16H,3,7-10H2,1-2H3. The third-order valence-electron chi connectivity index (χ3n) is 3.88. The number of benzene rings is 1. The molecule has 5 nitrogen and oxygen atoms in total. The normalized spacial score (nSPS) is 15.9. The first-order chi connectivity index (χ1) is 9.12. The molecule has 0 aliphatic heterocycles. The zero-order chi connectivity index (χ0) is 13.9. The fourth-order valence-electron chi connectivity index (χ4n) is 2.59. The third-order valence-corrected chi connectivity index (χ3v) is 3.88. The largest absolute Gasteiger partial charge is 0.382 e. The van der Waals surface area contributed by atoms with Crippen molar-refractivity contribution in [1.82, 2.24) is 0 Å². The molecule has 19 heavy (non-hydrogen) atoms. The molecule has 0 bridgehead atoms. The Labute approximate surface area is 113 Å². The highest BCUT2D eigenvalue weighted by Gasteiger charge is 2.41. The Morgan fingerprint density at radius 3 is 2.58 bits per heavy atom. The van der Waals surface area contributed by atoms with Crippen molar-refractivity contribution < 1.29 is 4.92 Å². The van der Waals surface area contributed by atoms with Gasteiger partial charge in [-0.25, -0.2) is 0 Å². The Bertz CT molecular complexity index is 470. The maximum Gasteiger partial charge on any atom is 0.315 e. The number of para-hydroxylation sites is 1. The van der Waals surface area contributed by atoms with E-state index in [1.54, 1.807) is 19.2 Å². The van der Waals surface area contributed by atoms with E-state index in [1.165, 1.54) is 25.7 Å². The van der Waals surface area contributed by atoms with E-state index in [0.717, 1.165) is 6.54 Å². The van der Waals surface area contributed by atoms with Crippen LogP contribution in [0.25, 0.3) is 0 Å². The van der Waals surface area contributed by atoms with Crippen LogP contribution >= 0.6 is 0 Å². The van der Waals surface area contributed by atoms with Gasteiger partial charge in [-0.15, -0.1) is 0 Å². The quantitative estimate of drug-likeness (QED) is 0.582. The van der Waals surface area contributed by atoms with Crippen LogP contribution in [0.5, 0.6) is 0 Å². The average molecular weight is 263 g/mol. The minimum atomic E-state index is -0.326. The summed E-state index contributed by atoms with van der Waals surface area (Å²) in [5.74, 6) is 0. The van der Waals surface area contributed by atoms with Crippen molar-refractivity contribution in [1.29, 1.82) is 0 Å². The maximum atomic E-state index is 11.2. The summed E-state index contributed by atoms with van der Waals surface area (Å²) in [4.78, 5) is 10.9. The number of hydrogen-bond acceptors (Lipinski definition) is 4. The predicted molar refractivity (Wildman–Crippen MR) is 77.7 cm³/mol. The van der Waals surface area contributed by atoms with Crippen molar-refractivity contribution in [2.24, 2.45) is 5.41 Å². The summed E-state index contributed by atoms with van der Waals surface area (Å²) in [6.07, 6.45) is 4.82.